The predicted octanol–water partition coefficient (Wildman–Crippen LogP) is 4.15. The zero-order chi connectivity index (χ0) is 20.5. The molecule has 29 heavy (non-hydrogen) atoms. The highest BCUT2D eigenvalue weighted by Gasteiger charge is 2.23. The van der Waals surface area contributed by atoms with Gasteiger partial charge in [0.25, 0.3) is 0 Å². The zero-order valence-electron chi connectivity index (χ0n) is 17.3. The van der Waals surface area contributed by atoms with Gasteiger partial charge in [-0.15, -0.1) is 0 Å². The van der Waals surface area contributed by atoms with E-state index in [2.05, 4.69) is 17.4 Å². The van der Waals surface area contributed by atoms with Gasteiger partial charge in [-0.3, -0.25) is 0 Å². The standard InChI is InChI=1S/C23H25NO5/c1-25-19-7-13-6-15(14-8-21(27-3)23(29-5)22(9-14)28-4)17-11-24-12-18(17)16(13)10-20(19)26-2/h6-10,24H,11-12H2,1-5H3. The first-order valence-corrected chi connectivity index (χ1v) is 9.36. The van der Waals surface area contributed by atoms with Crippen molar-refractivity contribution in [1.82, 2.24) is 5.32 Å². The maximum Gasteiger partial charge on any atom is 0.203 e. The summed E-state index contributed by atoms with van der Waals surface area (Å²) in [6.45, 7) is 1.60. The molecule has 0 aromatic heterocycles. The molecule has 1 aliphatic rings. The van der Waals surface area contributed by atoms with E-state index in [1.807, 2.05) is 18.2 Å². The van der Waals surface area contributed by atoms with Gasteiger partial charge in [-0.05, 0) is 63.4 Å². The summed E-state index contributed by atoms with van der Waals surface area (Å²) in [6, 6.07) is 10.2. The fourth-order valence-corrected chi connectivity index (χ4v) is 4.05. The number of benzene rings is 3. The van der Waals surface area contributed by atoms with E-state index in [0.29, 0.717) is 23.0 Å². The molecule has 0 saturated heterocycles. The topological polar surface area (TPSA) is 58.2 Å². The molecule has 0 radical (unpaired) electrons. The Kier molecular flexibility index (Phi) is 5.11. The molecular weight excluding hydrogens is 370 g/mol. The fraction of sp³-hybridized carbons (Fsp3) is 0.304. The van der Waals surface area contributed by atoms with E-state index in [0.717, 1.165) is 35.4 Å². The molecule has 152 valence electrons. The number of nitrogens with one attached hydrogen (secondary N) is 1. The van der Waals surface area contributed by atoms with Crippen LogP contribution < -0.4 is 29.0 Å². The molecule has 1 heterocycles. The minimum Gasteiger partial charge on any atom is -0.493 e. The summed E-state index contributed by atoms with van der Waals surface area (Å²) >= 11 is 0. The van der Waals surface area contributed by atoms with Crippen LogP contribution in [0.4, 0.5) is 0 Å². The van der Waals surface area contributed by atoms with Gasteiger partial charge in [0.1, 0.15) is 0 Å². The minimum absolute atomic E-state index is 0.584. The first kappa shape index (κ1) is 19.2. The number of fused-ring (bicyclic) bond motifs is 3. The Morgan fingerprint density at radius 2 is 1.21 bits per heavy atom. The SMILES string of the molecule is COc1cc2cc(-c3cc(OC)c(OC)c(OC)c3)c3c(c2cc1OC)CNC3. The van der Waals surface area contributed by atoms with Crippen molar-refractivity contribution in [2.24, 2.45) is 0 Å². The molecule has 0 amide bonds. The van der Waals surface area contributed by atoms with Gasteiger partial charge in [0.05, 0.1) is 35.5 Å². The van der Waals surface area contributed by atoms with Gasteiger partial charge >= 0.3 is 0 Å². The van der Waals surface area contributed by atoms with Crippen molar-refractivity contribution in [3.63, 3.8) is 0 Å². The van der Waals surface area contributed by atoms with Crippen molar-refractivity contribution in [3.8, 4) is 39.9 Å². The molecule has 0 saturated carbocycles. The summed E-state index contributed by atoms with van der Waals surface area (Å²) in [5.41, 5.74) is 4.67. The zero-order valence-corrected chi connectivity index (χ0v) is 17.3. The molecule has 4 rings (SSSR count). The van der Waals surface area contributed by atoms with Crippen molar-refractivity contribution < 1.29 is 23.7 Å². The van der Waals surface area contributed by atoms with E-state index in [9.17, 15) is 0 Å². The van der Waals surface area contributed by atoms with Crippen LogP contribution in [0.1, 0.15) is 11.1 Å². The molecule has 0 fully saturated rings. The van der Waals surface area contributed by atoms with Crippen LogP contribution >= 0.6 is 0 Å². The molecule has 6 heteroatoms. The molecule has 3 aromatic carbocycles. The van der Waals surface area contributed by atoms with E-state index >= 15 is 0 Å². The monoisotopic (exact) mass is 395 g/mol. The molecule has 1 aliphatic heterocycles. The highest BCUT2D eigenvalue weighted by atomic mass is 16.5. The van der Waals surface area contributed by atoms with Gasteiger partial charge in [-0.1, -0.05) is 0 Å². The Bertz CT molecular complexity index is 1050. The molecular formula is C23H25NO5. The second-order valence-corrected chi connectivity index (χ2v) is 6.83. The summed E-state index contributed by atoms with van der Waals surface area (Å²) < 4.78 is 27.6. The van der Waals surface area contributed by atoms with E-state index in [4.69, 9.17) is 23.7 Å². The summed E-state index contributed by atoms with van der Waals surface area (Å²) in [7, 11) is 8.18. The third kappa shape index (κ3) is 3.09. The van der Waals surface area contributed by atoms with E-state index in [-0.39, 0.29) is 0 Å². The van der Waals surface area contributed by atoms with Crippen LogP contribution in [0.2, 0.25) is 0 Å². The summed E-state index contributed by atoms with van der Waals surface area (Å²) in [4.78, 5) is 0. The molecule has 1 N–H and O–H groups in total. The molecule has 0 spiro atoms. The lowest BCUT2D eigenvalue weighted by Crippen LogP contribution is -2.00. The number of ether oxygens (including phenoxy) is 5. The molecule has 0 atom stereocenters. The van der Waals surface area contributed by atoms with Gasteiger partial charge < -0.3 is 29.0 Å². The molecule has 6 nitrogen and oxygen atoms in total. The lowest BCUT2D eigenvalue weighted by molar-refractivity contribution is 0.324. The van der Waals surface area contributed by atoms with Crippen LogP contribution in [0.15, 0.2) is 30.3 Å². The lowest BCUT2D eigenvalue weighted by atomic mass is 9.91. The van der Waals surface area contributed by atoms with Gasteiger partial charge in [-0.2, -0.15) is 0 Å². The molecule has 0 bridgehead atoms. The van der Waals surface area contributed by atoms with Crippen molar-refractivity contribution in [1.29, 1.82) is 0 Å². The second-order valence-electron chi connectivity index (χ2n) is 6.83. The summed E-state index contributed by atoms with van der Waals surface area (Å²) in [6.07, 6.45) is 0. The molecule has 0 unspecified atom stereocenters. The van der Waals surface area contributed by atoms with Gasteiger partial charge in [0.15, 0.2) is 23.0 Å². The summed E-state index contributed by atoms with van der Waals surface area (Å²) in [5.74, 6) is 3.29. The number of methoxy groups -OCH3 is 5. The van der Waals surface area contributed by atoms with Gasteiger partial charge in [-0.25, -0.2) is 0 Å². The first-order chi connectivity index (χ1) is 14.1. The van der Waals surface area contributed by atoms with Crippen LogP contribution in [-0.4, -0.2) is 35.5 Å². The molecule has 3 aromatic rings. The highest BCUT2D eigenvalue weighted by molar-refractivity contribution is 5.95. The van der Waals surface area contributed by atoms with E-state index in [1.165, 1.54) is 16.5 Å². The second kappa shape index (κ2) is 7.72. The van der Waals surface area contributed by atoms with Crippen LogP contribution in [0.5, 0.6) is 28.7 Å². The van der Waals surface area contributed by atoms with Crippen molar-refractivity contribution >= 4 is 10.8 Å². The maximum atomic E-state index is 5.56. The van der Waals surface area contributed by atoms with Crippen LogP contribution in [0, 0.1) is 0 Å². The predicted molar refractivity (Wildman–Crippen MR) is 113 cm³/mol. The number of rotatable bonds is 6. The highest BCUT2D eigenvalue weighted by Crippen LogP contribution is 2.45. The third-order valence-electron chi connectivity index (χ3n) is 5.45. The average molecular weight is 395 g/mol. The number of hydrogen-bond acceptors (Lipinski definition) is 6. The van der Waals surface area contributed by atoms with Crippen LogP contribution in [0.3, 0.4) is 0 Å². The third-order valence-corrected chi connectivity index (χ3v) is 5.45. The average Bonchev–Trinajstić information content (AvgIpc) is 3.26. The minimum atomic E-state index is 0.584. The van der Waals surface area contributed by atoms with Crippen molar-refractivity contribution in [2.75, 3.05) is 35.5 Å². The van der Waals surface area contributed by atoms with Crippen LogP contribution in [0.25, 0.3) is 21.9 Å². The fourth-order valence-electron chi connectivity index (χ4n) is 4.05. The summed E-state index contributed by atoms with van der Waals surface area (Å²) in [5, 5.41) is 5.73. The maximum absolute atomic E-state index is 5.56. The largest absolute Gasteiger partial charge is 0.493 e. The Balaban J connectivity index is 2.00. The van der Waals surface area contributed by atoms with Crippen molar-refractivity contribution in [3.05, 3.63) is 41.5 Å². The Morgan fingerprint density at radius 1 is 0.621 bits per heavy atom. The normalized spacial score (nSPS) is 12.6. The van der Waals surface area contributed by atoms with E-state index < -0.39 is 0 Å². The van der Waals surface area contributed by atoms with E-state index in [1.54, 1.807) is 35.5 Å². The smallest absolute Gasteiger partial charge is 0.203 e. The Hall–Kier alpha value is -3.12. The Morgan fingerprint density at radius 3 is 1.79 bits per heavy atom. The quantitative estimate of drug-likeness (QED) is 0.677. The Labute approximate surface area is 170 Å². The van der Waals surface area contributed by atoms with Crippen molar-refractivity contribution in [2.45, 2.75) is 13.1 Å². The lowest BCUT2D eigenvalue weighted by Gasteiger charge is -2.18. The van der Waals surface area contributed by atoms with Gasteiger partial charge in [0.2, 0.25) is 5.75 Å². The first-order valence-electron chi connectivity index (χ1n) is 9.36. The van der Waals surface area contributed by atoms with Gasteiger partial charge in [0, 0.05) is 13.1 Å². The van der Waals surface area contributed by atoms with Crippen LogP contribution in [-0.2, 0) is 13.1 Å². The molecule has 0 aliphatic carbocycles. The number of hydrogen-bond donors (Lipinski definition) is 1.